The highest BCUT2D eigenvalue weighted by atomic mass is 35.5. The Balaban J connectivity index is 1.48. The molecule has 0 bridgehead atoms. The van der Waals surface area contributed by atoms with Crippen LogP contribution < -0.4 is 14.7 Å². The SMILES string of the molecule is CC[C@@H]1C[C@H](N(Cc2cc(C(F)(F)F)cc(C(F)(F)F)c2)c2nnn(C)n2)CN1c1nc(N2CCC(O)CC2)ncc1Cl. The van der Waals surface area contributed by atoms with Gasteiger partial charge in [0.1, 0.15) is 5.02 Å². The minimum absolute atomic E-state index is 0.0662. The van der Waals surface area contributed by atoms with Crippen molar-refractivity contribution in [3.05, 3.63) is 46.1 Å². The number of alkyl halides is 6. The van der Waals surface area contributed by atoms with Crippen LogP contribution >= 0.6 is 11.6 Å². The first-order valence-electron chi connectivity index (χ1n) is 13.7. The van der Waals surface area contributed by atoms with E-state index in [-0.39, 0.29) is 42.8 Å². The Hall–Kier alpha value is -3.40. The number of aryl methyl sites for hydroxylation is 1. The second-order valence-corrected chi connectivity index (χ2v) is 11.2. The van der Waals surface area contributed by atoms with Crippen LogP contribution in [0.4, 0.5) is 44.1 Å². The van der Waals surface area contributed by atoms with E-state index in [0.717, 1.165) is 0 Å². The Morgan fingerprint density at radius 1 is 1.05 bits per heavy atom. The molecule has 234 valence electrons. The quantitative estimate of drug-likeness (QED) is 0.371. The fraction of sp³-hybridized carbons (Fsp3) is 0.577. The van der Waals surface area contributed by atoms with Crippen LogP contribution in [-0.2, 0) is 25.9 Å². The number of aliphatic hydroxyl groups is 1. The zero-order valence-corrected chi connectivity index (χ0v) is 24.1. The van der Waals surface area contributed by atoms with Crippen LogP contribution in [0.15, 0.2) is 24.4 Å². The molecule has 5 rings (SSSR count). The molecule has 0 amide bonds. The van der Waals surface area contributed by atoms with Gasteiger partial charge >= 0.3 is 12.4 Å². The summed E-state index contributed by atoms with van der Waals surface area (Å²) < 4.78 is 81.6. The summed E-state index contributed by atoms with van der Waals surface area (Å²) in [4.78, 5) is 15.8. The van der Waals surface area contributed by atoms with Gasteiger partial charge in [0.25, 0.3) is 5.95 Å². The van der Waals surface area contributed by atoms with Crippen LogP contribution in [0.5, 0.6) is 0 Å². The lowest BCUT2D eigenvalue weighted by atomic mass is 10.0. The molecule has 17 heteroatoms. The van der Waals surface area contributed by atoms with Gasteiger partial charge < -0.3 is 19.8 Å². The highest BCUT2D eigenvalue weighted by Crippen LogP contribution is 2.38. The monoisotopic (exact) mass is 633 g/mol. The topological polar surface area (TPSA) is 99.3 Å². The molecule has 2 saturated heterocycles. The lowest BCUT2D eigenvalue weighted by molar-refractivity contribution is -0.143. The number of anilines is 3. The van der Waals surface area contributed by atoms with Gasteiger partial charge in [-0.05, 0) is 54.7 Å². The maximum atomic E-state index is 13.6. The average molecular weight is 634 g/mol. The van der Waals surface area contributed by atoms with Crippen molar-refractivity contribution in [2.45, 2.75) is 69.7 Å². The van der Waals surface area contributed by atoms with Crippen LogP contribution in [0.3, 0.4) is 0 Å². The number of hydrogen-bond donors (Lipinski definition) is 1. The van der Waals surface area contributed by atoms with Gasteiger partial charge in [0.05, 0.1) is 36.5 Å². The van der Waals surface area contributed by atoms with Gasteiger partial charge in [-0.1, -0.05) is 23.6 Å². The van der Waals surface area contributed by atoms with E-state index < -0.39 is 29.5 Å². The maximum absolute atomic E-state index is 13.6. The van der Waals surface area contributed by atoms with Crippen molar-refractivity contribution in [1.29, 1.82) is 0 Å². The van der Waals surface area contributed by atoms with Crippen molar-refractivity contribution in [2.75, 3.05) is 34.3 Å². The second-order valence-electron chi connectivity index (χ2n) is 10.8. The van der Waals surface area contributed by atoms with Crippen LogP contribution in [0.1, 0.15) is 49.3 Å². The van der Waals surface area contributed by atoms with Crippen LogP contribution in [0.2, 0.25) is 5.02 Å². The third-order valence-electron chi connectivity index (χ3n) is 7.79. The minimum Gasteiger partial charge on any atom is -0.393 e. The van der Waals surface area contributed by atoms with E-state index in [2.05, 4.69) is 20.4 Å². The van der Waals surface area contributed by atoms with E-state index in [1.54, 1.807) is 4.90 Å². The smallest absolute Gasteiger partial charge is 0.393 e. The molecular weight excluding hydrogens is 604 g/mol. The predicted octanol–water partition coefficient (Wildman–Crippen LogP) is 4.72. The summed E-state index contributed by atoms with van der Waals surface area (Å²) in [5, 5.41) is 22.3. The zero-order valence-electron chi connectivity index (χ0n) is 23.3. The average Bonchev–Trinajstić information content (AvgIpc) is 3.57. The summed E-state index contributed by atoms with van der Waals surface area (Å²) in [5.74, 6) is 0.995. The van der Waals surface area contributed by atoms with Gasteiger partial charge in [-0.3, -0.25) is 0 Å². The van der Waals surface area contributed by atoms with Gasteiger partial charge in [-0.25, -0.2) is 4.98 Å². The molecule has 0 unspecified atom stereocenters. The van der Waals surface area contributed by atoms with Gasteiger partial charge in [0.2, 0.25) is 5.95 Å². The molecule has 1 aromatic carbocycles. The summed E-state index contributed by atoms with van der Waals surface area (Å²) in [5.41, 5.74) is -2.99. The molecular formula is C26H30ClF6N9O. The summed E-state index contributed by atoms with van der Waals surface area (Å²) >= 11 is 6.57. The van der Waals surface area contributed by atoms with E-state index in [9.17, 15) is 31.4 Å². The van der Waals surface area contributed by atoms with E-state index in [4.69, 9.17) is 16.6 Å². The molecule has 0 aliphatic carbocycles. The second kappa shape index (κ2) is 11.9. The Bertz CT molecular complexity index is 1390. The summed E-state index contributed by atoms with van der Waals surface area (Å²) in [6.45, 7) is 3.08. The summed E-state index contributed by atoms with van der Waals surface area (Å²) in [7, 11) is 1.51. The van der Waals surface area contributed by atoms with Gasteiger partial charge in [0.15, 0.2) is 5.82 Å². The van der Waals surface area contributed by atoms with Crippen molar-refractivity contribution < 1.29 is 31.4 Å². The van der Waals surface area contributed by atoms with Crippen molar-refractivity contribution in [3.63, 3.8) is 0 Å². The standard InChI is InChI=1S/C26H30ClF6N9O/c1-3-18-11-19(14-41(18)22-21(27)12-34-23(35-22)40-6-4-20(43)5-7-40)42(24-36-38-39(2)37-24)13-15-8-16(25(28,29)30)10-17(9-15)26(31,32)33/h8-10,12,18-20,43H,3-7,11,13-14H2,1-2H3/t18-,19+/m1/s1. The lowest BCUT2D eigenvalue weighted by Crippen LogP contribution is -2.39. The van der Waals surface area contributed by atoms with E-state index >= 15 is 0 Å². The first-order valence-corrected chi connectivity index (χ1v) is 14.1. The molecule has 2 aromatic heterocycles. The Labute approximate surface area is 248 Å². The van der Waals surface area contributed by atoms with Gasteiger partial charge in [-0.15, -0.1) is 5.10 Å². The van der Waals surface area contributed by atoms with Gasteiger partial charge in [0, 0.05) is 32.2 Å². The molecule has 2 fully saturated rings. The number of halogens is 7. The molecule has 4 heterocycles. The highest BCUT2D eigenvalue weighted by Gasteiger charge is 2.40. The number of aromatic nitrogens is 6. The molecule has 43 heavy (non-hydrogen) atoms. The molecule has 0 saturated carbocycles. The number of tetrazole rings is 1. The van der Waals surface area contributed by atoms with Gasteiger partial charge in [-0.2, -0.15) is 36.1 Å². The molecule has 2 aliphatic heterocycles. The van der Waals surface area contributed by atoms with Crippen molar-refractivity contribution in [1.82, 2.24) is 30.2 Å². The number of piperidine rings is 1. The van der Waals surface area contributed by atoms with Crippen LogP contribution in [0.25, 0.3) is 0 Å². The molecule has 2 atom stereocenters. The van der Waals surface area contributed by atoms with E-state index in [0.29, 0.717) is 67.7 Å². The number of rotatable bonds is 7. The number of hydrogen-bond acceptors (Lipinski definition) is 9. The molecule has 0 radical (unpaired) electrons. The summed E-state index contributed by atoms with van der Waals surface area (Å²) in [6, 6.07) is 0.992. The van der Waals surface area contributed by atoms with Crippen LogP contribution in [-0.4, -0.2) is 73.1 Å². The molecule has 2 aliphatic rings. The summed E-state index contributed by atoms with van der Waals surface area (Å²) in [6.07, 6.45) is -6.53. The molecule has 10 nitrogen and oxygen atoms in total. The van der Waals surface area contributed by atoms with Crippen molar-refractivity contribution in [3.8, 4) is 0 Å². The largest absolute Gasteiger partial charge is 0.416 e. The Morgan fingerprint density at radius 3 is 2.26 bits per heavy atom. The third kappa shape index (κ3) is 6.89. The van der Waals surface area contributed by atoms with Crippen molar-refractivity contribution in [2.24, 2.45) is 7.05 Å². The fourth-order valence-electron chi connectivity index (χ4n) is 5.59. The molecule has 1 N–H and O–H groups in total. The first kappa shape index (κ1) is 31.0. The normalized spacial score (nSPS) is 20.2. The highest BCUT2D eigenvalue weighted by molar-refractivity contribution is 6.32. The molecule has 0 spiro atoms. The predicted molar refractivity (Wildman–Crippen MR) is 146 cm³/mol. The number of nitrogens with zero attached hydrogens (tertiary/aromatic N) is 9. The lowest BCUT2D eigenvalue weighted by Gasteiger charge is -2.31. The fourth-order valence-corrected chi connectivity index (χ4v) is 5.79. The number of benzene rings is 1. The minimum atomic E-state index is -4.98. The zero-order chi connectivity index (χ0) is 31.1. The van der Waals surface area contributed by atoms with E-state index in [1.807, 2.05) is 16.7 Å². The van der Waals surface area contributed by atoms with Crippen LogP contribution in [0, 0.1) is 0 Å². The first-order chi connectivity index (χ1) is 20.2. The Morgan fingerprint density at radius 2 is 1.70 bits per heavy atom. The van der Waals surface area contributed by atoms with E-state index in [1.165, 1.54) is 18.0 Å². The number of aliphatic hydroxyl groups excluding tert-OH is 1. The van der Waals surface area contributed by atoms with Crippen molar-refractivity contribution >= 4 is 29.3 Å². The molecule has 3 aromatic rings. The third-order valence-corrected chi connectivity index (χ3v) is 8.06. The Kier molecular flexibility index (Phi) is 8.62. The maximum Gasteiger partial charge on any atom is 0.416 e.